The summed E-state index contributed by atoms with van der Waals surface area (Å²) in [7, 11) is 0. The third-order valence-electron chi connectivity index (χ3n) is 3.24. The molecule has 0 bridgehead atoms. The molecule has 5 nitrogen and oxygen atoms in total. The van der Waals surface area contributed by atoms with Crippen molar-refractivity contribution in [1.82, 2.24) is 4.90 Å². The summed E-state index contributed by atoms with van der Waals surface area (Å²) < 4.78 is 0. The van der Waals surface area contributed by atoms with E-state index in [2.05, 4.69) is 0 Å². The van der Waals surface area contributed by atoms with Gasteiger partial charge >= 0.3 is 0 Å². The lowest BCUT2D eigenvalue weighted by Crippen LogP contribution is -2.30. The number of hydrogen-bond acceptors (Lipinski definition) is 5. The minimum atomic E-state index is -0.480. The number of amides is 1. The molecule has 0 radical (unpaired) electrons. The Kier molecular flexibility index (Phi) is 3.94. The van der Waals surface area contributed by atoms with Gasteiger partial charge in [0.15, 0.2) is 0 Å². The number of rotatable bonds is 3. The maximum atomic E-state index is 12.6. The zero-order valence-electron chi connectivity index (χ0n) is 11.0. The number of hydrogen-bond donors (Lipinski definition) is 0. The van der Waals surface area contributed by atoms with Gasteiger partial charge in [-0.3, -0.25) is 14.9 Å². The minimum absolute atomic E-state index is 0.0109. The Morgan fingerprint density at radius 1 is 1.33 bits per heavy atom. The number of nitro benzene ring substituents is 1. The molecule has 21 heavy (non-hydrogen) atoms. The van der Waals surface area contributed by atoms with Crippen molar-refractivity contribution in [3.63, 3.8) is 0 Å². The Hall–Kier alpha value is -1.86. The average molecular weight is 320 g/mol. The highest BCUT2D eigenvalue weighted by Gasteiger charge is 2.32. The van der Waals surface area contributed by atoms with E-state index in [-0.39, 0.29) is 17.0 Å². The first-order chi connectivity index (χ1) is 10.2. The Labute approximate surface area is 129 Å². The maximum Gasteiger partial charge on any atom is 0.270 e. The van der Waals surface area contributed by atoms with Crippen LogP contribution in [0.1, 0.15) is 20.6 Å². The smallest absolute Gasteiger partial charge is 0.270 e. The summed E-state index contributed by atoms with van der Waals surface area (Å²) in [6, 6.07) is 9.90. The normalized spacial score (nSPS) is 17.9. The van der Waals surface area contributed by atoms with Crippen LogP contribution in [0.5, 0.6) is 0 Å². The van der Waals surface area contributed by atoms with Crippen LogP contribution in [-0.4, -0.2) is 28.0 Å². The van der Waals surface area contributed by atoms with Crippen LogP contribution in [0.15, 0.2) is 41.8 Å². The van der Waals surface area contributed by atoms with E-state index in [1.165, 1.54) is 12.1 Å². The highest BCUT2D eigenvalue weighted by atomic mass is 32.2. The maximum absolute atomic E-state index is 12.6. The lowest BCUT2D eigenvalue weighted by Gasteiger charge is -2.22. The summed E-state index contributed by atoms with van der Waals surface area (Å²) in [4.78, 5) is 25.9. The zero-order valence-corrected chi connectivity index (χ0v) is 12.6. The Morgan fingerprint density at radius 2 is 2.19 bits per heavy atom. The topological polar surface area (TPSA) is 63.4 Å². The number of thioether (sulfide) groups is 1. The van der Waals surface area contributed by atoms with Crippen LogP contribution < -0.4 is 0 Å². The summed E-state index contributed by atoms with van der Waals surface area (Å²) in [6.07, 6.45) is 0. The minimum Gasteiger partial charge on any atom is -0.321 e. The van der Waals surface area contributed by atoms with E-state index >= 15 is 0 Å². The van der Waals surface area contributed by atoms with Gasteiger partial charge in [-0.15, -0.1) is 23.1 Å². The largest absolute Gasteiger partial charge is 0.321 e. The fraction of sp³-hybridized carbons (Fsp3) is 0.214. The molecule has 1 fully saturated rings. The van der Waals surface area contributed by atoms with Gasteiger partial charge in [-0.05, 0) is 17.5 Å². The second kappa shape index (κ2) is 5.87. The lowest BCUT2D eigenvalue weighted by molar-refractivity contribution is -0.384. The molecular weight excluding hydrogens is 308 g/mol. The van der Waals surface area contributed by atoms with Crippen molar-refractivity contribution in [2.75, 3.05) is 12.3 Å². The van der Waals surface area contributed by atoms with Gasteiger partial charge in [0.2, 0.25) is 0 Å². The molecule has 0 N–H and O–H groups in total. The zero-order chi connectivity index (χ0) is 14.8. The van der Waals surface area contributed by atoms with E-state index in [9.17, 15) is 14.9 Å². The highest BCUT2D eigenvalue weighted by Crippen LogP contribution is 2.40. The monoisotopic (exact) mass is 320 g/mol. The van der Waals surface area contributed by atoms with Gasteiger partial charge in [-0.25, -0.2) is 0 Å². The van der Waals surface area contributed by atoms with Gasteiger partial charge in [0, 0.05) is 34.9 Å². The first kappa shape index (κ1) is 14.1. The Balaban J connectivity index is 1.87. The van der Waals surface area contributed by atoms with E-state index in [1.54, 1.807) is 40.1 Å². The molecule has 2 aromatic rings. The van der Waals surface area contributed by atoms with E-state index in [0.717, 1.165) is 10.6 Å². The number of carbonyl (C=O) groups is 1. The number of non-ortho nitro benzene ring substituents is 1. The highest BCUT2D eigenvalue weighted by molar-refractivity contribution is 7.99. The third-order valence-corrected chi connectivity index (χ3v) is 5.56. The quantitative estimate of drug-likeness (QED) is 0.641. The Bertz CT molecular complexity index is 673. The average Bonchev–Trinajstić information content (AvgIpc) is 3.17. The predicted octanol–water partition coefficient (Wildman–Crippen LogP) is 3.54. The second-order valence-corrected chi connectivity index (χ2v) is 6.71. The van der Waals surface area contributed by atoms with Crippen molar-refractivity contribution in [1.29, 1.82) is 0 Å². The standard InChI is InChI=1S/C14H12N2O3S2/c17-13(10-3-1-4-11(9-10)16(18)19)15-6-8-21-14(15)12-5-2-7-20-12/h1-5,7,9,14H,6,8H2/t14-/m1/s1. The summed E-state index contributed by atoms with van der Waals surface area (Å²) in [6.45, 7) is 0.661. The van der Waals surface area contributed by atoms with Crippen LogP contribution in [0.25, 0.3) is 0 Å². The number of nitrogens with zero attached hydrogens (tertiary/aromatic N) is 2. The van der Waals surface area contributed by atoms with Crippen molar-refractivity contribution in [3.05, 3.63) is 62.3 Å². The summed E-state index contributed by atoms with van der Waals surface area (Å²) in [5, 5.41) is 12.8. The fourth-order valence-corrected chi connectivity index (χ4v) is 4.50. The van der Waals surface area contributed by atoms with Crippen LogP contribution in [0, 0.1) is 10.1 Å². The molecule has 1 saturated heterocycles. The third kappa shape index (κ3) is 2.79. The molecule has 7 heteroatoms. The van der Waals surface area contributed by atoms with Gasteiger partial charge in [0.25, 0.3) is 11.6 Å². The molecule has 0 saturated carbocycles. The number of thiophene rings is 1. The first-order valence-electron chi connectivity index (χ1n) is 6.37. The first-order valence-corrected chi connectivity index (χ1v) is 8.30. The van der Waals surface area contributed by atoms with Crippen LogP contribution in [-0.2, 0) is 0 Å². The number of carbonyl (C=O) groups excluding carboxylic acids is 1. The van der Waals surface area contributed by atoms with Crippen LogP contribution in [0.3, 0.4) is 0 Å². The molecule has 1 aliphatic rings. The molecule has 0 spiro atoms. The van der Waals surface area contributed by atoms with Gasteiger partial charge in [-0.2, -0.15) is 0 Å². The number of benzene rings is 1. The Morgan fingerprint density at radius 3 is 2.90 bits per heavy atom. The lowest BCUT2D eigenvalue weighted by atomic mass is 10.1. The van der Waals surface area contributed by atoms with Crippen molar-refractivity contribution in [2.45, 2.75) is 5.37 Å². The van der Waals surface area contributed by atoms with Gasteiger partial charge in [0.1, 0.15) is 5.37 Å². The van der Waals surface area contributed by atoms with E-state index in [4.69, 9.17) is 0 Å². The van der Waals surface area contributed by atoms with Crippen LogP contribution in [0.4, 0.5) is 5.69 Å². The van der Waals surface area contributed by atoms with E-state index in [1.807, 2.05) is 17.5 Å². The molecule has 0 unspecified atom stereocenters. The number of nitro groups is 1. The van der Waals surface area contributed by atoms with Gasteiger partial charge in [-0.1, -0.05) is 12.1 Å². The van der Waals surface area contributed by atoms with Crippen molar-refractivity contribution in [2.24, 2.45) is 0 Å². The van der Waals surface area contributed by atoms with Crippen LogP contribution >= 0.6 is 23.1 Å². The fourth-order valence-electron chi connectivity index (χ4n) is 2.26. The molecule has 0 aliphatic carbocycles. The molecule has 1 aromatic heterocycles. The molecule has 1 aromatic carbocycles. The molecule has 108 valence electrons. The predicted molar refractivity (Wildman–Crippen MR) is 83.7 cm³/mol. The van der Waals surface area contributed by atoms with E-state index in [0.29, 0.717) is 12.1 Å². The molecule has 1 atom stereocenters. The van der Waals surface area contributed by atoms with Gasteiger partial charge < -0.3 is 4.90 Å². The SMILES string of the molecule is O=C(c1cccc([N+](=O)[O-])c1)N1CCS[C@@H]1c1cccs1. The second-order valence-electron chi connectivity index (χ2n) is 4.54. The van der Waals surface area contributed by atoms with Crippen LogP contribution in [0.2, 0.25) is 0 Å². The van der Waals surface area contributed by atoms with Crippen molar-refractivity contribution >= 4 is 34.7 Å². The molecule has 1 aliphatic heterocycles. The van der Waals surface area contributed by atoms with Gasteiger partial charge in [0.05, 0.1) is 4.92 Å². The summed E-state index contributed by atoms with van der Waals surface area (Å²) >= 11 is 3.34. The molecule has 1 amide bonds. The molecular formula is C14H12N2O3S2. The van der Waals surface area contributed by atoms with E-state index < -0.39 is 4.92 Å². The summed E-state index contributed by atoms with van der Waals surface area (Å²) in [5.41, 5.74) is 0.314. The molecule has 3 rings (SSSR count). The van der Waals surface area contributed by atoms with Crippen molar-refractivity contribution < 1.29 is 9.72 Å². The van der Waals surface area contributed by atoms with Crippen molar-refractivity contribution in [3.8, 4) is 0 Å². The summed E-state index contributed by atoms with van der Waals surface area (Å²) in [5.74, 6) is 0.727. The molecule has 2 heterocycles.